The Morgan fingerprint density at radius 2 is 1.95 bits per heavy atom. The molecule has 1 aromatic carbocycles. The first-order valence-corrected chi connectivity index (χ1v) is 6.50. The van der Waals surface area contributed by atoms with Crippen LogP contribution in [0.2, 0.25) is 0 Å². The normalized spacial score (nSPS) is 23.8. The highest BCUT2D eigenvalue weighted by atomic mass is 19.4. The predicted molar refractivity (Wildman–Crippen MR) is 66.5 cm³/mol. The van der Waals surface area contributed by atoms with E-state index in [2.05, 4.69) is 5.32 Å². The molecule has 106 valence electrons. The fourth-order valence-electron chi connectivity index (χ4n) is 2.60. The van der Waals surface area contributed by atoms with Crippen molar-refractivity contribution in [2.75, 3.05) is 6.54 Å². The lowest BCUT2D eigenvalue weighted by molar-refractivity contribution is -0.138. The van der Waals surface area contributed by atoms with E-state index < -0.39 is 11.7 Å². The minimum Gasteiger partial charge on any atom is -0.393 e. The Bertz CT molecular complexity index is 419. The van der Waals surface area contributed by atoms with Crippen LogP contribution < -0.4 is 5.32 Å². The molecular weight excluding hydrogens is 255 g/mol. The van der Waals surface area contributed by atoms with Gasteiger partial charge in [-0.05, 0) is 43.4 Å². The molecule has 2 rings (SSSR count). The monoisotopic (exact) mass is 273 g/mol. The van der Waals surface area contributed by atoms with Gasteiger partial charge in [0.25, 0.3) is 0 Å². The van der Waals surface area contributed by atoms with Gasteiger partial charge < -0.3 is 10.4 Å². The zero-order valence-electron chi connectivity index (χ0n) is 10.6. The summed E-state index contributed by atoms with van der Waals surface area (Å²) >= 11 is 0. The number of hydrogen-bond donors (Lipinski definition) is 2. The van der Waals surface area contributed by atoms with Crippen LogP contribution in [0.15, 0.2) is 24.3 Å². The molecule has 1 saturated carbocycles. The second kappa shape index (κ2) is 5.92. The summed E-state index contributed by atoms with van der Waals surface area (Å²) in [6.07, 6.45) is -2.06. The zero-order valence-corrected chi connectivity index (χ0v) is 10.6. The number of hydrogen-bond acceptors (Lipinski definition) is 2. The molecule has 2 atom stereocenters. The number of alkyl halides is 3. The number of aliphatic hydroxyl groups is 1. The van der Waals surface area contributed by atoms with Crippen molar-refractivity contribution < 1.29 is 18.3 Å². The molecule has 1 aliphatic carbocycles. The lowest BCUT2D eigenvalue weighted by Crippen LogP contribution is -2.23. The van der Waals surface area contributed by atoms with Gasteiger partial charge in [-0.2, -0.15) is 13.2 Å². The maximum absolute atomic E-state index is 12.8. The highest BCUT2D eigenvalue weighted by Crippen LogP contribution is 2.32. The molecule has 0 saturated heterocycles. The summed E-state index contributed by atoms with van der Waals surface area (Å²) in [5, 5.41) is 12.5. The number of benzene rings is 1. The summed E-state index contributed by atoms with van der Waals surface area (Å²) in [4.78, 5) is 0. The van der Waals surface area contributed by atoms with Crippen molar-refractivity contribution in [2.45, 2.75) is 38.1 Å². The molecule has 2 unspecified atom stereocenters. The summed E-state index contributed by atoms with van der Waals surface area (Å²) < 4.78 is 38.3. The van der Waals surface area contributed by atoms with Gasteiger partial charge >= 0.3 is 6.18 Å². The molecule has 2 N–H and O–H groups in total. The molecule has 0 radical (unpaired) electrons. The van der Waals surface area contributed by atoms with Gasteiger partial charge in [-0.15, -0.1) is 0 Å². The second-order valence-electron chi connectivity index (χ2n) is 5.12. The van der Waals surface area contributed by atoms with E-state index in [0.29, 0.717) is 12.5 Å². The summed E-state index contributed by atoms with van der Waals surface area (Å²) in [6, 6.07) is 5.63. The van der Waals surface area contributed by atoms with Crippen LogP contribution in [-0.2, 0) is 12.7 Å². The largest absolute Gasteiger partial charge is 0.416 e. The van der Waals surface area contributed by atoms with Gasteiger partial charge in [-0.25, -0.2) is 0 Å². The first-order chi connectivity index (χ1) is 8.97. The van der Waals surface area contributed by atoms with Crippen molar-refractivity contribution in [2.24, 2.45) is 5.92 Å². The van der Waals surface area contributed by atoms with E-state index in [1.807, 2.05) is 0 Å². The van der Waals surface area contributed by atoms with E-state index in [-0.39, 0.29) is 18.2 Å². The third-order valence-electron chi connectivity index (χ3n) is 3.58. The van der Waals surface area contributed by atoms with E-state index in [9.17, 15) is 18.3 Å². The standard InChI is InChI=1S/C14H18F3NO/c15-14(16,17)13-4-2-1-3-11(13)9-18-8-10-5-6-12(19)7-10/h1-4,10,12,18-19H,5-9H2. The van der Waals surface area contributed by atoms with Gasteiger partial charge in [-0.3, -0.25) is 0 Å². The van der Waals surface area contributed by atoms with Crippen molar-refractivity contribution in [3.05, 3.63) is 35.4 Å². The third-order valence-corrected chi connectivity index (χ3v) is 3.58. The van der Waals surface area contributed by atoms with Crippen LogP contribution >= 0.6 is 0 Å². The van der Waals surface area contributed by atoms with Crippen LogP contribution in [0.5, 0.6) is 0 Å². The summed E-state index contributed by atoms with van der Waals surface area (Å²) in [7, 11) is 0. The fraction of sp³-hybridized carbons (Fsp3) is 0.571. The van der Waals surface area contributed by atoms with Gasteiger partial charge in [0, 0.05) is 6.54 Å². The average Bonchev–Trinajstić information content (AvgIpc) is 2.74. The first kappa shape index (κ1) is 14.3. The molecular formula is C14H18F3NO. The van der Waals surface area contributed by atoms with Crippen molar-refractivity contribution in [1.29, 1.82) is 0 Å². The van der Waals surface area contributed by atoms with E-state index in [4.69, 9.17) is 0 Å². The lowest BCUT2D eigenvalue weighted by atomic mass is 10.1. The molecule has 5 heteroatoms. The van der Waals surface area contributed by atoms with Crippen molar-refractivity contribution in [1.82, 2.24) is 5.32 Å². The van der Waals surface area contributed by atoms with Gasteiger partial charge in [0.1, 0.15) is 0 Å². The molecule has 1 aliphatic rings. The predicted octanol–water partition coefficient (Wildman–Crippen LogP) is 2.96. The van der Waals surface area contributed by atoms with Crippen LogP contribution in [0.3, 0.4) is 0 Å². The average molecular weight is 273 g/mol. The van der Waals surface area contributed by atoms with Crippen molar-refractivity contribution in [3.8, 4) is 0 Å². The van der Waals surface area contributed by atoms with Crippen molar-refractivity contribution in [3.63, 3.8) is 0 Å². The molecule has 0 aliphatic heterocycles. The Morgan fingerprint density at radius 1 is 1.21 bits per heavy atom. The highest BCUT2D eigenvalue weighted by Gasteiger charge is 2.32. The van der Waals surface area contributed by atoms with Crippen LogP contribution in [0.25, 0.3) is 0 Å². The minimum absolute atomic E-state index is 0.211. The number of nitrogens with one attached hydrogen (secondary N) is 1. The van der Waals surface area contributed by atoms with E-state index in [1.165, 1.54) is 12.1 Å². The van der Waals surface area contributed by atoms with Crippen LogP contribution in [0.1, 0.15) is 30.4 Å². The quantitative estimate of drug-likeness (QED) is 0.884. The maximum Gasteiger partial charge on any atom is 0.416 e. The van der Waals surface area contributed by atoms with E-state index in [1.54, 1.807) is 6.07 Å². The smallest absolute Gasteiger partial charge is 0.393 e. The molecule has 0 spiro atoms. The highest BCUT2D eigenvalue weighted by molar-refractivity contribution is 5.29. The van der Waals surface area contributed by atoms with Crippen LogP contribution in [-0.4, -0.2) is 17.8 Å². The van der Waals surface area contributed by atoms with E-state index >= 15 is 0 Å². The summed E-state index contributed by atoms with van der Waals surface area (Å²) in [5.41, 5.74) is -0.303. The SMILES string of the molecule is OC1CCC(CNCc2ccccc2C(F)(F)F)C1. The van der Waals surface area contributed by atoms with Gasteiger partial charge in [-0.1, -0.05) is 18.2 Å². The second-order valence-corrected chi connectivity index (χ2v) is 5.12. The van der Waals surface area contributed by atoms with Gasteiger partial charge in [0.05, 0.1) is 11.7 Å². The number of aliphatic hydroxyl groups excluding tert-OH is 1. The molecule has 0 bridgehead atoms. The Labute approximate surface area is 110 Å². The summed E-state index contributed by atoms with van der Waals surface area (Å²) in [6.45, 7) is 0.867. The maximum atomic E-state index is 12.8. The molecule has 0 aromatic heterocycles. The third kappa shape index (κ3) is 3.94. The molecule has 0 heterocycles. The first-order valence-electron chi connectivity index (χ1n) is 6.50. The minimum atomic E-state index is -4.30. The Kier molecular flexibility index (Phi) is 4.47. The topological polar surface area (TPSA) is 32.3 Å². The zero-order chi connectivity index (χ0) is 13.9. The van der Waals surface area contributed by atoms with Crippen LogP contribution in [0.4, 0.5) is 13.2 Å². The van der Waals surface area contributed by atoms with Gasteiger partial charge in [0.15, 0.2) is 0 Å². The molecule has 19 heavy (non-hydrogen) atoms. The Morgan fingerprint density at radius 3 is 2.58 bits per heavy atom. The fourth-order valence-corrected chi connectivity index (χ4v) is 2.60. The van der Waals surface area contributed by atoms with Crippen molar-refractivity contribution >= 4 is 0 Å². The molecule has 2 nitrogen and oxygen atoms in total. The number of rotatable bonds is 4. The molecule has 1 fully saturated rings. The Hall–Kier alpha value is -1.07. The van der Waals surface area contributed by atoms with Gasteiger partial charge in [0.2, 0.25) is 0 Å². The number of halogens is 3. The molecule has 1 aromatic rings. The lowest BCUT2D eigenvalue weighted by Gasteiger charge is -2.15. The summed E-state index contributed by atoms with van der Waals surface area (Å²) in [5.74, 6) is 0.369. The van der Waals surface area contributed by atoms with E-state index in [0.717, 1.165) is 25.3 Å². The van der Waals surface area contributed by atoms with Crippen LogP contribution in [0, 0.1) is 5.92 Å². The molecule has 0 amide bonds. The Balaban J connectivity index is 1.89.